The van der Waals surface area contributed by atoms with Gasteiger partial charge in [-0.05, 0) is 18.9 Å². The van der Waals surface area contributed by atoms with E-state index in [1.54, 1.807) is 0 Å². The smallest absolute Gasteiger partial charge is 0.164 e. The van der Waals surface area contributed by atoms with Gasteiger partial charge in [0.15, 0.2) is 11.6 Å². The van der Waals surface area contributed by atoms with Crippen LogP contribution in [0.3, 0.4) is 0 Å². The Kier molecular flexibility index (Phi) is 3.45. The van der Waals surface area contributed by atoms with Crippen molar-refractivity contribution in [1.29, 1.82) is 0 Å². The molecule has 0 aromatic heterocycles. The standard InChI is InChI=1S/C12H16F2O/c1-4-8(2)12(3,15)9-6-5-7-10(13)11(9)14/h5-8,15H,4H2,1-3H3. The molecule has 0 saturated heterocycles. The van der Waals surface area contributed by atoms with Crippen molar-refractivity contribution in [1.82, 2.24) is 0 Å². The lowest BCUT2D eigenvalue weighted by molar-refractivity contribution is -0.00369. The van der Waals surface area contributed by atoms with Gasteiger partial charge >= 0.3 is 0 Å². The predicted octanol–water partition coefficient (Wildman–Crippen LogP) is 3.22. The summed E-state index contributed by atoms with van der Waals surface area (Å²) in [7, 11) is 0. The van der Waals surface area contributed by atoms with Crippen molar-refractivity contribution in [3.8, 4) is 0 Å². The van der Waals surface area contributed by atoms with E-state index in [1.807, 2.05) is 13.8 Å². The number of halogens is 2. The number of aliphatic hydroxyl groups is 1. The van der Waals surface area contributed by atoms with Gasteiger partial charge in [0.25, 0.3) is 0 Å². The van der Waals surface area contributed by atoms with Crippen molar-refractivity contribution < 1.29 is 13.9 Å². The SMILES string of the molecule is CCC(C)C(C)(O)c1cccc(F)c1F. The van der Waals surface area contributed by atoms with E-state index in [9.17, 15) is 13.9 Å². The van der Waals surface area contributed by atoms with Crippen LogP contribution < -0.4 is 0 Å². The molecule has 1 aromatic carbocycles. The van der Waals surface area contributed by atoms with Crippen molar-refractivity contribution in [2.24, 2.45) is 5.92 Å². The molecule has 1 nitrogen and oxygen atoms in total. The highest BCUT2D eigenvalue weighted by Crippen LogP contribution is 2.33. The Labute approximate surface area is 88.7 Å². The largest absolute Gasteiger partial charge is 0.385 e. The van der Waals surface area contributed by atoms with E-state index in [-0.39, 0.29) is 11.5 Å². The first-order chi connectivity index (χ1) is 6.91. The van der Waals surface area contributed by atoms with Crippen molar-refractivity contribution in [3.05, 3.63) is 35.4 Å². The Balaban J connectivity index is 3.20. The first-order valence-corrected chi connectivity index (χ1v) is 5.08. The highest BCUT2D eigenvalue weighted by atomic mass is 19.2. The van der Waals surface area contributed by atoms with Crippen molar-refractivity contribution >= 4 is 0 Å². The average molecular weight is 214 g/mol. The Hall–Kier alpha value is -0.960. The van der Waals surface area contributed by atoms with Gasteiger partial charge in [-0.3, -0.25) is 0 Å². The molecule has 3 heteroatoms. The second-order valence-electron chi connectivity index (χ2n) is 4.06. The molecule has 0 heterocycles. The Morgan fingerprint density at radius 3 is 2.53 bits per heavy atom. The first kappa shape index (κ1) is 12.1. The molecule has 0 bridgehead atoms. The summed E-state index contributed by atoms with van der Waals surface area (Å²) in [6, 6.07) is 3.88. The summed E-state index contributed by atoms with van der Waals surface area (Å²) in [6.45, 7) is 5.22. The van der Waals surface area contributed by atoms with Gasteiger partial charge in [0, 0.05) is 5.56 Å². The van der Waals surface area contributed by atoms with E-state index in [2.05, 4.69) is 0 Å². The minimum absolute atomic E-state index is 0.0249. The molecule has 0 aliphatic carbocycles. The molecule has 0 radical (unpaired) electrons. The number of benzene rings is 1. The minimum Gasteiger partial charge on any atom is -0.385 e. The van der Waals surface area contributed by atoms with Gasteiger partial charge in [-0.25, -0.2) is 8.78 Å². The number of rotatable bonds is 3. The van der Waals surface area contributed by atoms with Crippen LogP contribution in [-0.4, -0.2) is 5.11 Å². The molecular weight excluding hydrogens is 198 g/mol. The highest BCUT2D eigenvalue weighted by molar-refractivity contribution is 5.25. The van der Waals surface area contributed by atoms with E-state index >= 15 is 0 Å². The van der Waals surface area contributed by atoms with Crippen molar-refractivity contribution in [2.75, 3.05) is 0 Å². The van der Waals surface area contributed by atoms with E-state index in [1.165, 1.54) is 19.1 Å². The molecule has 15 heavy (non-hydrogen) atoms. The topological polar surface area (TPSA) is 20.2 Å². The summed E-state index contributed by atoms with van der Waals surface area (Å²) in [5.74, 6) is -2.01. The van der Waals surface area contributed by atoms with Gasteiger partial charge in [0.05, 0.1) is 5.60 Å². The molecule has 2 unspecified atom stereocenters. The van der Waals surface area contributed by atoms with Gasteiger partial charge < -0.3 is 5.11 Å². The predicted molar refractivity (Wildman–Crippen MR) is 55.4 cm³/mol. The van der Waals surface area contributed by atoms with Crippen molar-refractivity contribution in [2.45, 2.75) is 32.8 Å². The molecule has 84 valence electrons. The minimum atomic E-state index is -1.33. The summed E-state index contributed by atoms with van der Waals surface area (Å²) < 4.78 is 26.4. The number of hydrogen-bond acceptors (Lipinski definition) is 1. The molecule has 1 N–H and O–H groups in total. The lowest BCUT2D eigenvalue weighted by atomic mass is 9.82. The molecular formula is C12H16F2O. The summed E-state index contributed by atoms with van der Waals surface area (Å²) >= 11 is 0. The van der Waals surface area contributed by atoms with Gasteiger partial charge in [-0.15, -0.1) is 0 Å². The third-order valence-corrected chi connectivity index (χ3v) is 3.07. The van der Waals surface area contributed by atoms with Crippen LogP contribution in [0.2, 0.25) is 0 Å². The lowest BCUT2D eigenvalue weighted by Gasteiger charge is -2.30. The summed E-state index contributed by atoms with van der Waals surface area (Å²) in [6.07, 6.45) is 0.697. The average Bonchev–Trinajstić information content (AvgIpc) is 2.20. The molecule has 1 rings (SSSR count). The van der Waals surface area contributed by atoms with E-state index in [0.717, 1.165) is 6.07 Å². The second-order valence-corrected chi connectivity index (χ2v) is 4.06. The molecule has 0 saturated carbocycles. The molecule has 0 amide bonds. The zero-order valence-corrected chi connectivity index (χ0v) is 9.22. The Bertz CT molecular complexity index is 347. The van der Waals surface area contributed by atoms with E-state index in [4.69, 9.17) is 0 Å². The third-order valence-electron chi connectivity index (χ3n) is 3.07. The normalized spacial score (nSPS) is 17.2. The van der Waals surface area contributed by atoms with Crippen LogP contribution in [0.25, 0.3) is 0 Å². The zero-order valence-electron chi connectivity index (χ0n) is 9.22. The maximum atomic E-state index is 13.5. The molecule has 0 aliphatic rings. The Morgan fingerprint density at radius 2 is 2.00 bits per heavy atom. The molecule has 2 atom stereocenters. The molecule has 1 aromatic rings. The molecule has 0 spiro atoms. The van der Waals surface area contributed by atoms with Gasteiger partial charge in [0.1, 0.15) is 0 Å². The maximum absolute atomic E-state index is 13.5. The quantitative estimate of drug-likeness (QED) is 0.819. The first-order valence-electron chi connectivity index (χ1n) is 5.08. The van der Waals surface area contributed by atoms with Crippen molar-refractivity contribution in [3.63, 3.8) is 0 Å². The summed E-state index contributed by atoms with van der Waals surface area (Å²) in [5.41, 5.74) is -1.31. The number of hydrogen-bond donors (Lipinski definition) is 1. The van der Waals surface area contributed by atoms with Crippen LogP contribution in [0.5, 0.6) is 0 Å². The fraction of sp³-hybridized carbons (Fsp3) is 0.500. The Morgan fingerprint density at radius 1 is 1.40 bits per heavy atom. The summed E-state index contributed by atoms with van der Waals surface area (Å²) in [5, 5.41) is 10.2. The highest BCUT2D eigenvalue weighted by Gasteiger charge is 2.32. The van der Waals surface area contributed by atoms with Crippen LogP contribution >= 0.6 is 0 Å². The lowest BCUT2D eigenvalue weighted by Crippen LogP contribution is -2.31. The van der Waals surface area contributed by atoms with E-state index in [0.29, 0.717) is 6.42 Å². The molecule has 0 fully saturated rings. The van der Waals surface area contributed by atoms with E-state index < -0.39 is 17.2 Å². The fourth-order valence-electron chi connectivity index (χ4n) is 1.56. The van der Waals surface area contributed by atoms with Crippen LogP contribution in [0, 0.1) is 17.6 Å². The van der Waals surface area contributed by atoms with Gasteiger partial charge in [0.2, 0.25) is 0 Å². The van der Waals surface area contributed by atoms with Crippen LogP contribution in [0.15, 0.2) is 18.2 Å². The maximum Gasteiger partial charge on any atom is 0.164 e. The van der Waals surface area contributed by atoms with Crippen LogP contribution in [-0.2, 0) is 5.60 Å². The van der Waals surface area contributed by atoms with Crippen LogP contribution in [0.1, 0.15) is 32.8 Å². The van der Waals surface area contributed by atoms with Crippen LogP contribution in [0.4, 0.5) is 8.78 Å². The van der Waals surface area contributed by atoms with Gasteiger partial charge in [-0.2, -0.15) is 0 Å². The molecule has 0 aliphatic heterocycles. The monoisotopic (exact) mass is 214 g/mol. The van der Waals surface area contributed by atoms with Gasteiger partial charge in [-0.1, -0.05) is 32.4 Å². The second kappa shape index (κ2) is 4.27. The zero-order chi connectivity index (χ0) is 11.6. The fourth-order valence-corrected chi connectivity index (χ4v) is 1.56. The third kappa shape index (κ3) is 2.17. The summed E-state index contributed by atoms with van der Waals surface area (Å²) in [4.78, 5) is 0.